The van der Waals surface area contributed by atoms with Gasteiger partial charge in [-0.2, -0.15) is 0 Å². The molecule has 1 heterocycles. The van der Waals surface area contributed by atoms with Crippen LogP contribution in [-0.4, -0.2) is 48.0 Å². The summed E-state index contributed by atoms with van der Waals surface area (Å²) in [6, 6.07) is 0.583. The number of nitrogens with zero attached hydrogens (tertiary/aromatic N) is 2. The molecule has 2 saturated carbocycles. The average molecular weight is 307 g/mol. The SMILES string of the molecule is CC1=NC2CCCCC2C(=O)N1CCOC1CCC(N)CC1. The quantitative estimate of drug-likeness (QED) is 0.864. The summed E-state index contributed by atoms with van der Waals surface area (Å²) in [6.07, 6.45) is 8.96. The number of carbonyl (C=O) groups excluding carboxylic acids is 1. The minimum Gasteiger partial charge on any atom is -0.376 e. The van der Waals surface area contributed by atoms with E-state index in [4.69, 9.17) is 15.5 Å². The highest BCUT2D eigenvalue weighted by molar-refractivity contribution is 6.00. The molecule has 5 nitrogen and oxygen atoms in total. The van der Waals surface area contributed by atoms with E-state index in [1.807, 2.05) is 11.8 Å². The van der Waals surface area contributed by atoms with E-state index < -0.39 is 0 Å². The van der Waals surface area contributed by atoms with E-state index in [0.717, 1.165) is 50.8 Å². The van der Waals surface area contributed by atoms with Crippen molar-refractivity contribution in [3.8, 4) is 0 Å². The lowest BCUT2D eigenvalue weighted by Gasteiger charge is -2.38. The first kappa shape index (κ1) is 15.9. The van der Waals surface area contributed by atoms with Crippen LogP contribution in [0.15, 0.2) is 4.99 Å². The van der Waals surface area contributed by atoms with Crippen LogP contribution in [0, 0.1) is 5.92 Å². The lowest BCUT2D eigenvalue weighted by atomic mass is 9.83. The van der Waals surface area contributed by atoms with E-state index in [1.54, 1.807) is 0 Å². The maximum absolute atomic E-state index is 12.7. The Morgan fingerprint density at radius 1 is 1.18 bits per heavy atom. The van der Waals surface area contributed by atoms with Gasteiger partial charge in [-0.1, -0.05) is 12.8 Å². The fraction of sp³-hybridized carbons (Fsp3) is 0.882. The van der Waals surface area contributed by atoms with Crippen molar-refractivity contribution in [2.24, 2.45) is 16.6 Å². The Morgan fingerprint density at radius 3 is 2.68 bits per heavy atom. The molecule has 0 spiro atoms. The topological polar surface area (TPSA) is 67.9 Å². The molecule has 2 N–H and O–H groups in total. The molecule has 0 radical (unpaired) electrons. The Labute approximate surface area is 133 Å². The van der Waals surface area contributed by atoms with Crippen molar-refractivity contribution in [2.75, 3.05) is 13.2 Å². The number of amidine groups is 1. The van der Waals surface area contributed by atoms with Gasteiger partial charge in [0.1, 0.15) is 5.84 Å². The second kappa shape index (κ2) is 7.09. The van der Waals surface area contributed by atoms with Gasteiger partial charge < -0.3 is 10.5 Å². The molecule has 3 aliphatic rings. The molecule has 5 heteroatoms. The van der Waals surface area contributed by atoms with Gasteiger partial charge in [0.2, 0.25) is 5.91 Å². The molecular weight excluding hydrogens is 278 g/mol. The number of carbonyl (C=O) groups is 1. The minimum absolute atomic E-state index is 0.116. The maximum Gasteiger partial charge on any atom is 0.233 e. The molecule has 1 amide bonds. The molecule has 0 saturated heterocycles. The van der Waals surface area contributed by atoms with Gasteiger partial charge in [0.05, 0.1) is 31.2 Å². The molecule has 2 fully saturated rings. The molecule has 0 bridgehead atoms. The molecule has 3 rings (SSSR count). The van der Waals surface area contributed by atoms with Crippen LogP contribution < -0.4 is 5.73 Å². The molecule has 2 aliphatic carbocycles. The summed E-state index contributed by atoms with van der Waals surface area (Å²) in [7, 11) is 0. The van der Waals surface area contributed by atoms with Crippen molar-refractivity contribution < 1.29 is 9.53 Å². The highest BCUT2D eigenvalue weighted by Crippen LogP contribution is 2.31. The van der Waals surface area contributed by atoms with E-state index in [0.29, 0.717) is 25.3 Å². The number of nitrogens with two attached hydrogens (primary N) is 1. The Morgan fingerprint density at radius 2 is 1.91 bits per heavy atom. The zero-order valence-electron chi connectivity index (χ0n) is 13.7. The number of aliphatic imine (C=N–C) groups is 1. The summed E-state index contributed by atoms with van der Waals surface area (Å²) < 4.78 is 5.96. The molecule has 0 aromatic heterocycles. The third kappa shape index (κ3) is 3.51. The van der Waals surface area contributed by atoms with Gasteiger partial charge in [-0.05, 0) is 45.4 Å². The molecular formula is C17H29N3O2. The van der Waals surface area contributed by atoms with Crippen LogP contribution in [0.2, 0.25) is 0 Å². The van der Waals surface area contributed by atoms with Gasteiger partial charge in [-0.15, -0.1) is 0 Å². The monoisotopic (exact) mass is 307 g/mol. The van der Waals surface area contributed by atoms with Crippen LogP contribution in [0.25, 0.3) is 0 Å². The maximum atomic E-state index is 12.7. The van der Waals surface area contributed by atoms with Gasteiger partial charge in [-0.25, -0.2) is 0 Å². The molecule has 2 unspecified atom stereocenters. The Balaban J connectivity index is 1.50. The predicted octanol–water partition coefficient (Wildman–Crippen LogP) is 2.09. The van der Waals surface area contributed by atoms with Crippen LogP contribution in [0.3, 0.4) is 0 Å². The summed E-state index contributed by atoms with van der Waals surface area (Å²) in [5.41, 5.74) is 5.92. The summed E-state index contributed by atoms with van der Waals surface area (Å²) in [5.74, 6) is 1.26. The Kier molecular flexibility index (Phi) is 5.14. The highest BCUT2D eigenvalue weighted by atomic mass is 16.5. The number of hydrogen-bond acceptors (Lipinski definition) is 4. The third-order valence-electron chi connectivity index (χ3n) is 5.44. The number of hydrogen-bond donors (Lipinski definition) is 1. The van der Waals surface area contributed by atoms with E-state index in [2.05, 4.69) is 0 Å². The molecule has 1 aliphatic heterocycles. The first-order valence-corrected chi connectivity index (χ1v) is 8.88. The molecule has 2 atom stereocenters. The minimum atomic E-state index is 0.116. The number of amides is 1. The Bertz CT molecular complexity index is 430. The molecule has 22 heavy (non-hydrogen) atoms. The van der Waals surface area contributed by atoms with Crippen molar-refractivity contribution in [2.45, 2.75) is 76.5 Å². The van der Waals surface area contributed by atoms with Crippen LogP contribution in [-0.2, 0) is 9.53 Å². The van der Waals surface area contributed by atoms with E-state index in [1.165, 1.54) is 6.42 Å². The number of rotatable bonds is 4. The van der Waals surface area contributed by atoms with Crippen molar-refractivity contribution in [1.29, 1.82) is 0 Å². The molecule has 0 aromatic carbocycles. The number of fused-ring (bicyclic) bond motifs is 1. The van der Waals surface area contributed by atoms with E-state index in [9.17, 15) is 4.79 Å². The number of ether oxygens (including phenoxy) is 1. The van der Waals surface area contributed by atoms with Crippen molar-refractivity contribution >= 4 is 11.7 Å². The first-order chi connectivity index (χ1) is 10.6. The standard InChI is InChI=1S/C17H29N3O2/c1-12-19-16-5-3-2-4-15(16)17(21)20(12)10-11-22-14-8-6-13(18)7-9-14/h13-16H,2-11,18H2,1H3. The van der Waals surface area contributed by atoms with E-state index >= 15 is 0 Å². The van der Waals surface area contributed by atoms with Crippen molar-refractivity contribution in [3.05, 3.63) is 0 Å². The van der Waals surface area contributed by atoms with Crippen LogP contribution in [0.5, 0.6) is 0 Å². The van der Waals surface area contributed by atoms with Crippen LogP contribution >= 0.6 is 0 Å². The fourth-order valence-electron chi connectivity index (χ4n) is 4.06. The zero-order chi connectivity index (χ0) is 15.5. The van der Waals surface area contributed by atoms with Crippen LogP contribution in [0.1, 0.15) is 58.3 Å². The summed E-state index contributed by atoms with van der Waals surface area (Å²) in [4.78, 5) is 19.3. The highest BCUT2D eigenvalue weighted by Gasteiger charge is 2.38. The first-order valence-electron chi connectivity index (χ1n) is 8.88. The van der Waals surface area contributed by atoms with Gasteiger partial charge in [-0.3, -0.25) is 14.7 Å². The predicted molar refractivity (Wildman–Crippen MR) is 86.8 cm³/mol. The lowest BCUT2D eigenvalue weighted by Crippen LogP contribution is -2.50. The Hall–Kier alpha value is -0.940. The van der Waals surface area contributed by atoms with Crippen molar-refractivity contribution in [3.63, 3.8) is 0 Å². The van der Waals surface area contributed by atoms with Gasteiger partial charge in [0.25, 0.3) is 0 Å². The summed E-state index contributed by atoms with van der Waals surface area (Å²) in [6.45, 7) is 3.21. The molecule has 0 aromatic rings. The average Bonchev–Trinajstić information content (AvgIpc) is 2.52. The van der Waals surface area contributed by atoms with Crippen molar-refractivity contribution in [1.82, 2.24) is 4.90 Å². The van der Waals surface area contributed by atoms with Crippen LogP contribution in [0.4, 0.5) is 0 Å². The normalized spacial score (nSPS) is 36.0. The summed E-state index contributed by atoms with van der Waals surface area (Å²) in [5, 5.41) is 0. The molecule has 124 valence electrons. The zero-order valence-corrected chi connectivity index (χ0v) is 13.7. The smallest absolute Gasteiger partial charge is 0.233 e. The largest absolute Gasteiger partial charge is 0.376 e. The lowest BCUT2D eigenvalue weighted by molar-refractivity contribution is -0.135. The second-order valence-electron chi connectivity index (χ2n) is 7.03. The third-order valence-corrected chi connectivity index (χ3v) is 5.44. The van der Waals surface area contributed by atoms with E-state index in [-0.39, 0.29) is 17.9 Å². The fourth-order valence-corrected chi connectivity index (χ4v) is 4.06. The summed E-state index contributed by atoms with van der Waals surface area (Å²) >= 11 is 0. The van der Waals surface area contributed by atoms with Gasteiger partial charge in [0.15, 0.2) is 0 Å². The van der Waals surface area contributed by atoms with Gasteiger partial charge >= 0.3 is 0 Å². The second-order valence-corrected chi connectivity index (χ2v) is 7.03. The van der Waals surface area contributed by atoms with Gasteiger partial charge in [0, 0.05) is 6.04 Å².